The van der Waals surface area contributed by atoms with Gasteiger partial charge in [-0.25, -0.2) is 20.0 Å². The van der Waals surface area contributed by atoms with E-state index in [1.807, 2.05) is 6.08 Å². The predicted octanol–water partition coefficient (Wildman–Crippen LogP) is 29.9. The average molecular weight is 1680 g/mol. The van der Waals surface area contributed by atoms with Crippen molar-refractivity contribution < 1.29 is 52.1 Å². The van der Waals surface area contributed by atoms with Crippen LogP contribution in [0, 0.1) is 0 Å². The molecular weight excluding hydrogens is 1530 g/mol. The molecule has 15 heteroatoms. The molecule has 0 saturated heterocycles. The highest BCUT2D eigenvalue weighted by Gasteiger charge is 2.32. The Kier molecular flexibility index (Phi) is 46.5. The summed E-state index contributed by atoms with van der Waals surface area (Å²) in [6, 6.07) is 21.4. The Hall–Kier alpha value is -8.82. The first-order valence-corrected chi connectivity index (χ1v) is 48.9. The van der Waals surface area contributed by atoms with Gasteiger partial charge in [0.1, 0.15) is 5.75 Å². The SMILES string of the molecule is C=CCCOCCCCCCOc1ccc(C2=C3C=CC(=N3)C(c3cc(OCCCCCC)c(OCCCCCC)c(OCCCCCC)c3)=C3C=CC(=N3)C(c3cc(OCCCCCC)c(OCCCCCC)c(OCCCCCC)c3)=C3C=CC(=N3)C(c3cc(OCCCCCC)c(OCCCCCC)c(OCCCCCC)c3)=C3C=CC2=N3)cc1. The molecule has 0 saturated carbocycles. The molecule has 0 aromatic heterocycles. The van der Waals surface area contributed by atoms with Crippen LogP contribution in [0.25, 0.3) is 22.3 Å². The molecule has 0 unspecified atom stereocenters. The molecule has 5 heterocycles. The summed E-state index contributed by atoms with van der Waals surface area (Å²) in [7, 11) is 0. The minimum atomic E-state index is 0.515. The molecule has 0 spiro atoms. The Bertz CT molecular complexity index is 4040. The fourth-order valence-corrected chi connectivity index (χ4v) is 15.7. The molecule has 4 aromatic rings. The maximum Gasteiger partial charge on any atom is 0.203 e. The summed E-state index contributed by atoms with van der Waals surface area (Å²) in [6.45, 7) is 30.9. The zero-order chi connectivity index (χ0) is 86.5. The van der Waals surface area contributed by atoms with E-state index in [0.717, 1.165) is 338 Å². The first-order valence-electron chi connectivity index (χ1n) is 48.9. The van der Waals surface area contributed by atoms with E-state index >= 15 is 0 Å². The van der Waals surface area contributed by atoms with E-state index in [1.54, 1.807) is 0 Å². The highest BCUT2D eigenvalue weighted by molar-refractivity contribution is 6.40. The van der Waals surface area contributed by atoms with E-state index in [0.29, 0.717) is 152 Å². The monoisotopic (exact) mass is 1680 g/mol. The molecule has 5 aliphatic heterocycles. The summed E-state index contributed by atoms with van der Waals surface area (Å²) >= 11 is 0. The van der Waals surface area contributed by atoms with Crippen LogP contribution < -0.4 is 47.4 Å². The highest BCUT2D eigenvalue weighted by atomic mass is 16.6. The van der Waals surface area contributed by atoms with Crippen molar-refractivity contribution in [1.29, 1.82) is 0 Å². The second-order valence-electron chi connectivity index (χ2n) is 33.4. The number of fused-ring (bicyclic) bond motifs is 4. The minimum absolute atomic E-state index is 0.515. The maximum atomic E-state index is 7.09. The van der Waals surface area contributed by atoms with Gasteiger partial charge in [-0.1, -0.05) is 260 Å². The van der Waals surface area contributed by atoms with Gasteiger partial charge in [-0.2, -0.15) is 0 Å². The van der Waals surface area contributed by atoms with Gasteiger partial charge in [0, 0.05) is 35.5 Å². The molecule has 0 aliphatic carbocycles. The zero-order valence-corrected chi connectivity index (χ0v) is 77.4. The van der Waals surface area contributed by atoms with E-state index in [-0.39, 0.29) is 0 Å². The smallest absolute Gasteiger partial charge is 0.203 e. The molecule has 8 bridgehead atoms. The van der Waals surface area contributed by atoms with Gasteiger partial charge >= 0.3 is 0 Å². The van der Waals surface area contributed by atoms with Gasteiger partial charge in [-0.05, 0) is 203 Å². The van der Waals surface area contributed by atoms with Gasteiger partial charge in [0.05, 0.1) is 112 Å². The van der Waals surface area contributed by atoms with Crippen molar-refractivity contribution in [3.05, 3.63) is 167 Å². The van der Waals surface area contributed by atoms with Gasteiger partial charge in [-0.15, -0.1) is 6.58 Å². The van der Waals surface area contributed by atoms with Crippen LogP contribution in [0.2, 0.25) is 0 Å². The van der Waals surface area contributed by atoms with E-state index in [2.05, 4.69) is 178 Å². The Morgan fingerprint density at radius 1 is 0.228 bits per heavy atom. The van der Waals surface area contributed by atoms with Crippen LogP contribution in [0.4, 0.5) is 0 Å². The standard InChI is InChI=1S/C108H154N4O11/c1-11-21-31-43-68-115-96-77-84(78-97(116-69-44-32-22-12-2)106(96)121-74-49-37-27-17-7)103-90-59-57-88(109-90)102(83-53-55-87(56-54-83)114-67-52-41-40-42-66-113-65-30-20-10)89-58-60-91(110-89)104(85-79-98(117-70-45-33-23-13-3)107(122-75-50-38-28-18-8)99(80-85)118-71-46-34-24-14-4)93-62-64-95(112-93)105(94-63-61-92(103)111-94)86-81-100(119-72-47-35-25-15-5)108(123-76-51-39-29-19-9)101(82-86)120-73-48-36-26-16-6/h20,53-64,77-82H,10-19,21-52,65-76H2,1-9H3. The molecule has 672 valence electrons. The topological polar surface area (TPSA) is 151 Å². The van der Waals surface area contributed by atoms with Crippen molar-refractivity contribution in [2.24, 2.45) is 20.0 Å². The lowest BCUT2D eigenvalue weighted by Gasteiger charge is -2.21. The molecule has 0 amide bonds. The summed E-state index contributed by atoms with van der Waals surface area (Å²) in [5.74, 6) is 6.51. The van der Waals surface area contributed by atoms with Crippen LogP contribution in [-0.2, 0) is 4.74 Å². The van der Waals surface area contributed by atoms with Crippen molar-refractivity contribution in [3.63, 3.8) is 0 Å². The summed E-state index contributed by atoms with van der Waals surface area (Å²) in [6.07, 6.45) is 62.0. The highest BCUT2D eigenvalue weighted by Crippen LogP contribution is 2.49. The number of allylic oxidation sites excluding steroid dienone is 12. The van der Waals surface area contributed by atoms with Gasteiger partial charge in [0.15, 0.2) is 34.5 Å². The zero-order valence-electron chi connectivity index (χ0n) is 77.4. The number of benzene rings is 4. The summed E-state index contributed by atoms with van der Waals surface area (Å²) < 4.78 is 75.6. The molecule has 5 aliphatic rings. The Morgan fingerprint density at radius 3 is 0.691 bits per heavy atom. The van der Waals surface area contributed by atoms with Crippen molar-refractivity contribution in [2.45, 2.75) is 326 Å². The van der Waals surface area contributed by atoms with Crippen LogP contribution in [-0.4, -0.2) is 102 Å². The van der Waals surface area contributed by atoms with Crippen LogP contribution in [0.3, 0.4) is 0 Å². The molecule has 4 aromatic carbocycles. The Balaban J connectivity index is 1.36. The normalized spacial score (nSPS) is 14.0. The number of rotatable bonds is 69. The molecule has 0 radical (unpaired) electrons. The predicted molar refractivity (Wildman–Crippen MR) is 516 cm³/mol. The van der Waals surface area contributed by atoms with Gasteiger partial charge < -0.3 is 52.1 Å². The summed E-state index contributed by atoms with van der Waals surface area (Å²) in [5, 5.41) is 0. The number of hydrogen-bond donors (Lipinski definition) is 0. The van der Waals surface area contributed by atoms with Gasteiger partial charge in [0.2, 0.25) is 17.2 Å². The van der Waals surface area contributed by atoms with Crippen molar-refractivity contribution in [3.8, 4) is 57.5 Å². The van der Waals surface area contributed by atoms with E-state index in [9.17, 15) is 0 Å². The molecule has 9 rings (SSSR count). The van der Waals surface area contributed by atoms with Crippen molar-refractivity contribution in [1.82, 2.24) is 0 Å². The van der Waals surface area contributed by atoms with E-state index in [1.165, 1.54) is 0 Å². The van der Waals surface area contributed by atoms with Crippen molar-refractivity contribution >= 4 is 45.1 Å². The largest absolute Gasteiger partial charge is 0.494 e. The van der Waals surface area contributed by atoms with Gasteiger partial charge in [-0.3, -0.25) is 0 Å². The third-order valence-corrected chi connectivity index (χ3v) is 22.9. The Morgan fingerprint density at radius 2 is 0.447 bits per heavy atom. The molecule has 15 nitrogen and oxygen atoms in total. The minimum Gasteiger partial charge on any atom is -0.494 e. The van der Waals surface area contributed by atoms with Gasteiger partial charge in [0.25, 0.3) is 0 Å². The average Bonchev–Trinajstić information content (AvgIpc) is 1.65. The quantitative estimate of drug-likeness (QED) is 0.0307. The second kappa shape index (κ2) is 58.4. The third-order valence-electron chi connectivity index (χ3n) is 22.9. The fourth-order valence-electron chi connectivity index (χ4n) is 15.7. The first-order chi connectivity index (χ1) is 60.7. The summed E-state index contributed by atoms with van der Waals surface area (Å²) in [4.78, 5) is 23.7. The van der Waals surface area contributed by atoms with Crippen molar-refractivity contribution in [2.75, 3.05) is 79.3 Å². The van der Waals surface area contributed by atoms with E-state index < -0.39 is 0 Å². The molecule has 0 N–H and O–H groups in total. The lowest BCUT2D eigenvalue weighted by molar-refractivity contribution is 0.134. The third kappa shape index (κ3) is 32.3. The van der Waals surface area contributed by atoms with Crippen LogP contribution >= 0.6 is 0 Å². The summed E-state index contributed by atoms with van der Waals surface area (Å²) in [5.41, 5.74) is 12.3. The van der Waals surface area contributed by atoms with Crippen LogP contribution in [0.1, 0.15) is 348 Å². The molecular formula is C108H154N4O11. The molecule has 0 atom stereocenters. The number of ether oxygens (including phenoxy) is 11. The fraction of sp³-hybridized carbons (Fsp3) is 0.574. The number of unbranched alkanes of at least 4 members (excludes halogenated alkanes) is 30. The molecule has 123 heavy (non-hydrogen) atoms. The molecule has 0 fully saturated rings. The lowest BCUT2D eigenvalue weighted by atomic mass is 9.97. The Labute approximate surface area is 742 Å². The number of aliphatic imine (C=N–C) groups is 4. The lowest BCUT2D eigenvalue weighted by Crippen LogP contribution is -2.09. The van der Waals surface area contributed by atoms with E-state index in [4.69, 9.17) is 72.1 Å². The second-order valence-corrected chi connectivity index (χ2v) is 33.4. The first kappa shape index (κ1) is 98.0. The van der Waals surface area contributed by atoms with Crippen LogP contribution in [0.5, 0.6) is 57.5 Å². The maximum absolute atomic E-state index is 7.09. The number of hydrogen-bond acceptors (Lipinski definition) is 15. The number of nitrogens with zero attached hydrogens (tertiary/aromatic N) is 4. The van der Waals surface area contributed by atoms with Crippen LogP contribution in [0.15, 0.2) is 165 Å².